The fourth-order valence-corrected chi connectivity index (χ4v) is 0.803. The molecule has 4 heteroatoms. The van der Waals surface area contributed by atoms with Gasteiger partial charge in [-0.05, 0) is 0 Å². The van der Waals surface area contributed by atoms with Crippen LogP contribution in [0.25, 0.3) is 0 Å². The van der Waals surface area contributed by atoms with Crippen LogP contribution in [-0.2, 0) is 4.74 Å². The molecular weight excluding hydrogens is 131 g/mol. The molecule has 0 aromatic heterocycles. The van der Waals surface area contributed by atoms with E-state index in [4.69, 9.17) is 21.8 Å². The number of alkyl halides is 1. The van der Waals surface area contributed by atoms with Crippen LogP contribution >= 0.6 is 11.6 Å². The molecule has 48 valence electrons. The van der Waals surface area contributed by atoms with Gasteiger partial charge in [-0.1, -0.05) is 11.6 Å². The summed E-state index contributed by atoms with van der Waals surface area (Å²) in [6.07, 6.45) is -1.73. The molecule has 8 heavy (non-hydrogen) atoms. The Morgan fingerprint density at radius 3 is 2.25 bits per heavy atom. The summed E-state index contributed by atoms with van der Waals surface area (Å²) in [5.74, 6) is 0. The number of rotatable bonds is 0. The average Bonchev–Trinajstić information content (AvgIpc) is 1.98. The van der Waals surface area contributed by atoms with Crippen molar-refractivity contribution < 1.29 is 14.9 Å². The summed E-state index contributed by atoms with van der Waals surface area (Å²) in [6, 6.07) is 0. The number of hydrogen-bond donors (Lipinski definition) is 2. The SMILES string of the molecule is OC1COC(Cl)C1O. The van der Waals surface area contributed by atoms with Crippen LogP contribution in [-0.4, -0.2) is 34.6 Å². The van der Waals surface area contributed by atoms with Crippen molar-refractivity contribution in [1.29, 1.82) is 0 Å². The minimum atomic E-state index is -0.920. The first kappa shape index (κ1) is 6.29. The van der Waals surface area contributed by atoms with Crippen LogP contribution in [0.4, 0.5) is 0 Å². The second-order valence-electron chi connectivity index (χ2n) is 1.74. The Hall–Kier alpha value is 0.170. The van der Waals surface area contributed by atoms with Crippen LogP contribution < -0.4 is 0 Å². The highest BCUT2D eigenvalue weighted by molar-refractivity contribution is 6.20. The maximum absolute atomic E-state index is 8.76. The largest absolute Gasteiger partial charge is 0.388 e. The third-order valence-electron chi connectivity index (χ3n) is 1.09. The maximum Gasteiger partial charge on any atom is 0.159 e. The van der Waals surface area contributed by atoms with Crippen molar-refractivity contribution in [1.82, 2.24) is 0 Å². The normalized spacial score (nSPS) is 47.6. The molecule has 1 aliphatic rings. The van der Waals surface area contributed by atoms with E-state index in [1.807, 2.05) is 0 Å². The molecule has 3 unspecified atom stereocenters. The molecule has 0 aliphatic carbocycles. The molecule has 0 radical (unpaired) electrons. The number of aliphatic hydroxyl groups is 2. The van der Waals surface area contributed by atoms with E-state index in [1.165, 1.54) is 0 Å². The Morgan fingerprint density at radius 1 is 1.50 bits per heavy atom. The van der Waals surface area contributed by atoms with Crippen molar-refractivity contribution in [3.63, 3.8) is 0 Å². The average molecular weight is 139 g/mol. The monoisotopic (exact) mass is 138 g/mol. The van der Waals surface area contributed by atoms with Gasteiger partial charge in [0.05, 0.1) is 6.61 Å². The third-order valence-corrected chi connectivity index (χ3v) is 1.47. The smallest absolute Gasteiger partial charge is 0.159 e. The van der Waals surface area contributed by atoms with E-state index in [1.54, 1.807) is 0 Å². The van der Waals surface area contributed by atoms with Crippen molar-refractivity contribution >= 4 is 11.6 Å². The number of ether oxygens (including phenoxy) is 1. The van der Waals surface area contributed by atoms with E-state index < -0.39 is 17.8 Å². The minimum absolute atomic E-state index is 0.134. The van der Waals surface area contributed by atoms with Crippen LogP contribution in [0.15, 0.2) is 0 Å². The summed E-state index contributed by atoms with van der Waals surface area (Å²) in [5.41, 5.74) is -0.731. The van der Waals surface area contributed by atoms with Gasteiger partial charge >= 0.3 is 0 Å². The van der Waals surface area contributed by atoms with Gasteiger partial charge in [0.1, 0.15) is 12.2 Å². The predicted molar refractivity (Wildman–Crippen MR) is 27.6 cm³/mol. The Bertz CT molecular complexity index is 77.4. The lowest BCUT2D eigenvalue weighted by molar-refractivity contribution is 0.0503. The van der Waals surface area contributed by atoms with Gasteiger partial charge in [-0.15, -0.1) is 0 Å². The molecule has 1 fully saturated rings. The van der Waals surface area contributed by atoms with Crippen molar-refractivity contribution in [3.05, 3.63) is 0 Å². The molecule has 0 amide bonds. The van der Waals surface area contributed by atoms with Crippen LogP contribution in [0.3, 0.4) is 0 Å². The topological polar surface area (TPSA) is 49.7 Å². The van der Waals surface area contributed by atoms with Gasteiger partial charge in [0, 0.05) is 0 Å². The summed E-state index contributed by atoms with van der Waals surface area (Å²) in [7, 11) is 0. The molecule has 0 bridgehead atoms. The highest BCUT2D eigenvalue weighted by Crippen LogP contribution is 2.16. The van der Waals surface area contributed by atoms with Gasteiger partial charge in [-0.25, -0.2) is 0 Å². The zero-order valence-electron chi connectivity index (χ0n) is 4.12. The molecule has 0 aromatic rings. The lowest BCUT2D eigenvalue weighted by Crippen LogP contribution is -2.26. The van der Waals surface area contributed by atoms with Crippen molar-refractivity contribution in [3.8, 4) is 0 Å². The molecule has 1 aliphatic heterocycles. The van der Waals surface area contributed by atoms with Gasteiger partial charge in [-0.2, -0.15) is 0 Å². The standard InChI is InChI=1S/C4H7ClO3/c5-4-3(7)2(6)1-8-4/h2-4,6-7H,1H2. The van der Waals surface area contributed by atoms with E-state index in [0.717, 1.165) is 0 Å². The number of aliphatic hydroxyl groups excluding tert-OH is 2. The number of hydrogen-bond acceptors (Lipinski definition) is 3. The first-order valence-corrected chi connectivity index (χ1v) is 2.77. The summed E-state index contributed by atoms with van der Waals surface area (Å²) in [4.78, 5) is 0. The Kier molecular flexibility index (Phi) is 1.72. The van der Waals surface area contributed by atoms with E-state index in [-0.39, 0.29) is 6.61 Å². The lowest BCUT2D eigenvalue weighted by Gasteiger charge is -2.05. The second kappa shape index (κ2) is 2.19. The first-order chi connectivity index (χ1) is 3.72. The molecule has 3 nitrogen and oxygen atoms in total. The molecule has 1 saturated heterocycles. The molecule has 0 saturated carbocycles. The second-order valence-corrected chi connectivity index (χ2v) is 2.17. The number of halogens is 1. The molecular formula is C4H7ClO3. The van der Waals surface area contributed by atoms with E-state index >= 15 is 0 Å². The molecule has 3 atom stereocenters. The predicted octanol–water partition coefficient (Wildman–Crippen LogP) is -0.697. The van der Waals surface area contributed by atoms with Crippen molar-refractivity contribution in [2.24, 2.45) is 0 Å². The molecule has 1 rings (SSSR count). The summed E-state index contributed by atoms with van der Waals surface area (Å²) >= 11 is 5.33. The zero-order chi connectivity index (χ0) is 6.15. The van der Waals surface area contributed by atoms with E-state index in [9.17, 15) is 0 Å². The highest BCUT2D eigenvalue weighted by Gasteiger charge is 2.32. The Balaban J connectivity index is 2.44. The third kappa shape index (κ3) is 0.951. The molecule has 0 spiro atoms. The van der Waals surface area contributed by atoms with Gasteiger partial charge < -0.3 is 14.9 Å². The van der Waals surface area contributed by atoms with Crippen LogP contribution in [0.1, 0.15) is 0 Å². The van der Waals surface area contributed by atoms with E-state index in [0.29, 0.717) is 0 Å². The lowest BCUT2D eigenvalue weighted by atomic mass is 10.3. The maximum atomic E-state index is 8.76. The molecule has 2 N–H and O–H groups in total. The zero-order valence-corrected chi connectivity index (χ0v) is 4.88. The Morgan fingerprint density at radius 2 is 2.12 bits per heavy atom. The molecule has 0 aromatic carbocycles. The van der Waals surface area contributed by atoms with Crippen LogP contribution in [0.2, 0.25) is 0 Å². The molecule has 1 heterocycles. The Labute approximate surface area is 51.8 Å². The van der Waals surface area contributed by atoms with Crippen molar-refractivity contribution in [2.75, 3.05) is 6.61 Å². The summed E-state index contributed by atoms with van der Waals surface area (Å²) in [5, 5.41) is 17.5. The fraction of sp³-hybridized carbons (Fsp3) is 1.00. The quantitative estimate of drug-likeness (QED) is 0.436. The fourth-order valence-electron chi connectivity index (χ4n) is 0.562. The minimum Gasteiger partial charge on any atom is -0.388 e. The van der Waals surface area contributed by atoms with Crippen LogP contribution in [0.5, 0.6) is 0 Å². The summed E-state index contributed by atoms with van der Waals surface area (Å²) < 4.78 is 4.64. The van der Waals surface area contributed by atoms with Gasteiger partial charge in [-0.3, -0.25) is 0 Å². The van der Waals surface area contributed by atoms with Gasteiger partial charge in [0.15, 0.2) is 5.56 Å². The van der Waals surface area contributed by atoms with Gasteiger partial charge in [0.2, 0.25) is 0 Å². The first-order valence-electron chi connectivity index (χ1n) is 2.33. The van der Waals surface area contributed by atoms with Gasteiger partial charge in [0.25, 0.3) is 0 Å². The summed E-state index contributed by atoms with van der Waals surface area (Å²) in [6.45, 7) is 0.134. The van der Waals surface area contributed by atoms with Crippen molar-refractivity contribution in [2.45, 2.75) is 17.8 Å². The highest BCUT2D eigenvalue weighted by atomic mass is 35.5. The van der Waals surface area contributed by atoms with E-state index in [2.05, 4.69) is 4.74 Å². The van der Waals surface area contributed by atoms with Crippen LogP contribution in [0, 0.1) is 0 Å².